The fourth-order valence-electron chi connectivity index (χ4n) is 4.19. The van der Waals surface area contributed by atoms with E-state index >= 15 is 0 Å². The van der Waals surface area contributed by atoms with Gasteiger partial charge in [-0.05, 0) is 41.3 Å². The first-order chi connectivity index (χ1) is 16.5. The molecule has 34 heavy (non-hydrogen) atoms. The van der Waals surface area contributed by atoms with Gasteiger partial charge in [-0.2, -0.15) is 0 Å². The van der Waals surface area contributed by atoms with Crippen LogP contribution in [0.5, 0.6) is 11.5 Å². The summed E-state index contributed by atoms with van der Waals surface area (Å²) in [5, 5.41) is 13.5. The van der Waals surface area contributed by atoms with Crippen molar-refractivity contribution in [3.8, 4) is 11.5 Å². The molecule has 0 bridgehead atoms. The van der Waals surface area contributed by atoms with Crippen molar-refractivity contribution in [2.75, 3.05) is 14.2 Å². The smallest absolute Gasteiger partial charge is 0.290 e. The zero-order chi connectivity index (χ0) is 23.8. The first-order valence-electron chi connectivity index (χ1n) is 10.5. The Bertz CT molecular complexity index is 1400. The minimum Gasteiger partial charge on any atom is -0.503 e. The molecule has 0 fully saturated rings. The van der Waals surface area contributed by atoms with E-state index in [0.29, 0.717) is 28.0 Å². The van der Waals surface area contributed by atoms with Gasteiger partial charge in [0.15, 0.2) is 22.9 Å². The number of benzene rings is 2. The van der Waals surface area contributed by atoms with E-state index in [1.54, 1.807) is 55.6 Å². The van der Waals surface area contributed by atoms with Crippen molar-refractivity contribution in [3.05, 3.63) is 93.6 Å². The summed E-state index contributed by atoms with van der Waals surface area (Å²) >= 11 is 1.50. The van der Waals surface area contributed by atoms with E-state index in [1.807, 2.05) is 17.5 Å². The molecule has 1 amide bonds. The van der Waals surface area contributed by atoms with Crippen LogP contribution in [-0.4, -0.2) is 35.9 Å². The van der Waals surface area contributed by atoms with E-state index < -0.39 is 23.5 Å². The number of carbonyl (C=O) groups excluding carboxylic acids is 2. The van der Waals surface area contributed by atoms with Crippen molar-refractivity contribution in [1.82, 2.24) is 4.90 Å². The van der Waals surface area contributed by atoms with Crippen LogP contribution in [0.25, 0.3) is 11.0 Å². The summed E-state index contributed by atoms with van der Waals surface area (Å²) in [6.45, 7) is 0.252. The van der Waals surface area contributed by atoms with E-state index in [4.69, 9.17) is 13.9 Å². The largest absolute Gasteiger partial charge is 0.503 e. The number of para-hydroxylation sites is 1. The number of rotatable bonds is 7. The number of aliphatic hydroxyl groups excluding tert-OH is 1. The molecule has 172 valence electrons. The number of hydrogen-bond acceptors (Lipinski definition) is 7. The van der Waals surface area contributed by atoms with Gasteiger partial charge in [-0.3, -0.25) is 9.59 Å². The van der Waals surface area contributed by atoms with Crippen LogP contribution < -0.4 is 9.47 Å². The quantitative estimate of drug-likeness (QED) is 0.365. The Morgan fingerprint density at radius 1 is 1.09 bits per heavy atom. The summed E-state index contributed by atoms with van der Waals surface area (Å²) in [5.74, 6) is -0.586. The summed E-state index contributed by atoms with van der Waals surface area (Å²) in [4.78, 5) is 29.3. The molecule has 0 saturated carbocycles. The Morgan fingerprint density at radius 3 is 2.56 bits per heavy atom. The van der Waals surface area contributed by atoms with Gasteiger partial charge in [0.1, 0.15) is 5.75 Å². The van der Waals surface area contributed by atoms with Crippen LogP contribution in [0.4, 0.5) is 0 Å². The molecule has 0 saturated heterocycles. The molecule has 2 aromatic carbocycles. The first kappa shape index (κ1) is 21.8. The lowest BCUT2D eigenvalue weighted by atomic mass is 9.95. The summed E-state index contributed by atoms with van der Waals surface area (Å²) in [6, 6.07) is 17.0. The van der Waals surface area contributed by atoms with Gasteiger partial charge < -0.3 is 23.9 Å². The number of amides is 1. The van der Waals surface area contributed by atoms with E-state index in [-0.39, 0.29) is 17.9 Å². The second kappa shape index (κ2) is 8.72. The maximum atomic E-state index is 13.7. The minimum atomic E-state index is -0.789. The number of ether oxygens (including phenoxy) is 2. The second-order valence-electron chi connectivity index (χ2n) is 7.77. The summed E-state index contributed by atoms with van der Waals surface area (Å²) < 4.78 is 16.4. The maximum Gasteiger partial charge on any atom is 0.290 e. The predicted octanol–water partition coefficient (Wildman–Crippen LogP) is 5.29. The average molecular weight is 476 g/mol. The summed E-state index contributed by atoms with van der Waals surface area (Å²) in [6.07, 6.45) is 0. The van der Waals surface area contributed by atoms with Gasteiger partial charge >= 0.3 is 0 Å². The van der Waals surface area contributed by atoms with Crippen molar-refractivity contribution in [1.29, 1.82) is 0 Å². The third-order valence-electron chi connectivity index (χ3n) is 5.84. The van der Waals surface area contributed by atoms with E-state index in [9.17, 15) is 14.7 Å². The number of Topliss-reactive ketones (excluding diaryl/α,β-unsaturated/α-hetero) is 1. The average Bonchev–Trinajstić information content (AvgIpc) is 3.59. The van der Waals surface area contributed by atoms with Gasteiger partial charge in [0.25, 0.3) is 5.91 Å². The minimum absolute atomic E-state index is 0.0188. The molecule has 2 aromatic heterocycles. The lowest BCUT2D eigenvalue weighted by Crippen LogP contribution is -2.30. The molecule has 0 spiro atoms. The summed E-state index contributed by atoms with van der Waals surface area (Å²) in [7, 11) is 3.08. The van der Waals surface area contributed by atoms with Crippen LogP contribution in [0.3, 0.4) is 0 Å². The van der Waals surface area contributed by atoms with Gasteiger partial charge in [0, 0.05) is 10.3 Å². The van der Waals surface area contributed by atoms with E-state index in [1.165, 1.54) is 23.3 Å². The number of methoxy groups -OCH3 is 2. The van der Waals surface area contributed by atoms with Crippen molar-refractivity contribution in [3.63, 3.8) is 0 Å². The fourth-order valence-corrected chi connectivity index (χ4v) is 4.90. The zero-order valence-corrected chi connectivity index (χ0v) is 19.3. The SMILES string of the molecule is COc1ccc(C2C(C(=O)c3cc4cccc(OC)c4o3)=C(O)C(=O)N2Cc2cccs2)cc1. The number of carbonyl (C=O) groups is 2. The molecule has 1 aliphatic rings. The highest BCUT2D eigenvalue weighted by Crippen LogP contribution is 2.41. The number of aliphatic hydroxyl groups is 1. The number of furan rings is 1. The topological polar surface area (TPSA) is 89.2 Å². The molecule has 1 aliphatic heterocycles. The Balaban J connectivity index is 1.60. The van der Waals surface area contributed by atoms with Crippen LogP contribution in [-0.2, 0) is 11.3 Å². The van der Waals surface area contributed by atoms with Crippen LogP contribution in [0.15, 0.2) is 81.8 Å². The number of hydrogen-bond donors (Lipinski definition) is 1. The fraction of sp³-hybridized carbons (Fsp3) is 0.154. The molecule has 0 radical (unpaired) electrons. The number of fused-ring (bicyclic) bond motifs is 1. The maximum absolute atomic E-state index is 13.7. The molecular formula is C26H21NO6S. The Labute approximate surface area is 199 Å². The van der Waals surface area contributed by atoms with Gasteiger partial charge in [0.2, 0.25) is 5.78 Å². The van der Waals surface area contributed by atoms with Crippen molar-refractivity contribution >= 4 is 34.0 Å². The number of thiophene rings is 1. The van der Waals surface area contributed by atoms with Gasteiger partial charge in [0.05, 0.1) is 32.4 Å². The van der Waals surface area contributed by atoms with Gasteiger partial charge in [-0.1, -0.05) is 30.3 Å². The summed E-state index contributed by atoms with van der Waals surface area (Å²) in [5.41, 5.74) is 1.07. The van der Waals surface area contributed by atoms with Gasteiger partial charge in [-0.25, -0.2) is 0 Å². The third-order valence-corrected chi connectivity index (χ3v) is 6.70. The highest BCUT2D eigenvalue weighted by Gasteiger charge is 2.44. The van der Waals surface area contributed by atoms with Crippen molar-refractivity contribution in [2.24, 2.45) is 0 Å². The van der Waals surface area contributed by atoms with Gasteiger partial charge in [-0.15, -0.1) is 11.3 Å². The van der Waals surface area contributed by atoms with Crippen LogP contribution >= 0.6 is 11.3 Å². The third kappa shape index (κ3) is 3.62. The normalized spacial score (nSPS) is 15.9. The highest BCUT2D eigenvalue weighted by molar-refractivity contribution is 7.09. The Morgan fingerprint density at radius 2 is 1.88 bits per heavy atom. The van der Waals surface area contributed by atoms with Crippen molar-refractivity contribution in [2.45, 2.75) is 12.6 Å². The molecule has 5 rings (SSSR count). The molecule has 1 atom stereocenters. The first-order valence-corrected chi connectivity index (χ1v) is 11.4. The second-order valence-corrected chi connectivity index (χ2v) is 8.80. The standard InChI is InChI=1S/C26H21NO6S/c1-31-17-10-8-15(9-11-17)22-21(24(29)26(30)27(22)14-18-6-4-12-34-18)23(28)20-13-16-5-3-7-19(32-2)25(16)33-20/h3-13,22,29H,14H2,1-2H3. The Kier molecular flexibility index (Phi) is 5.59. The highest BCUT2D eigenvalue weighted by atomic mass is 32.1. The van der Waals surface area contributed by atoms with Crippen LogP contribution in [0.1, 0.15) is 27.0 Å². The zero-order valence-electron chi connectivity index (χ0n) is 18.5. The molecule has 7 nitrogen and oxygen atoms in total. The van der Waals surface area contributed by atoms with Crippen LogP contribution in [0, 0.1) is 0 Å². The number of nitrogens with zero attached hydrogens (tertiary/aromatic N) is 1. The lowest BCUT2D eigenvalue weighted by Gasteiger charge is -2.26. The molecule has 3 heterocycles. The lowest BCUT2D eigenvalue weighted by molar-refractivity contribution is -0.130. The molecule has 1 N–H and O–H groups in total. The van der Waals surface area contributed by atoms with Crippen molar-refractivity contribution < 1.29 is 28.6 Å². The van der Waals surface area contributed by atoms with E-state index in [0.717, 1.165) is 4.88 Å². The molecular weight excluding hydrogens is 454 g/mol. The molecule has 0 aliphatic carbocycles. The van der Waals surface area contributed by atoms with Crippen LogP contribution in [0.2, 0.25) is 0 Å². The molecule has 8 heteroatoms. The predicted molar refractivity (Wildman–Crippen MR) is 127 cm³/mol. The van der Waals surface area contributed by atoms with E-state index in [2.05, 4.69) is 0 Å². The molecule has 1 unspecified atom stereocenters. The Hall–Kier alpha value is -4.04. The number of ketones is 1. The molecule has 4 aromatic rings. The monoisotopic (exact) mass is 475 g/mol.